The molecule has 0 spiro atoms. The predicted octanol–water partition coefficient (Wildman–Crippen LogP) is 5.93. The minimum absolute atomic E-state index is 0.313. The van der Waals surface area contributed by atoms with Crippen LogP contribution in [0, 0.1) is 0 Å². The number of hydrogen-bond donors (Lipinski definition) is 3. The third-order valence-electron chi connectivity index (χ3n) is 6.60. The number of aliphatic hydroxyl groups is 1. The van der Waals surface area contributed by atoms with E-state index in [1.165, 1.54) is 18.1 Å². The van der Waals surface area contributed by atoms with Crippen LogP contribution in [0.3, 0.4) is 0 Å². The van der Waals surface area contributed by atoms with Gasteiger partial charge in [-0.3, -0.25) is 4.79 Å². The molecule has 7 nitrogen and oxygen atoms in total. The van der Waals surface area contributed by atoms with E-state index in [1.807, 2.05) is 61.5 Å². The van der Waals surface area contributed by atoms with Crippen LogP contribution < -0.4 is 5.32 Å². The first-order valence-corrected chi connectivity index (χ1v) is 13.2. The summed E-state index contributed by atoms with van der Waals surface area (Å²) in [6, 6.07) is 24.0. The molecular formula is C29H28N4O3S. The number of rotatable bonds is 9. The molecule has 5 aromatic rings. The van der Waals surface area contributed by atoms with Crippen molar-refractivity contribution in [1.29, 1.82) is 0 Å². The van der Waals surface area contributed by atoms with Crippen molar-refractivity contribution in [3.8, 4) is 11.5 Å². The number of carbonyl (C=O) groups is 1. The Labute approximate surface area is 219 Å². The highest BCUT2D eigenvalue weighted by molar-refractivity contribution is 7.98. The van der Waals surface area contributed by atoms with Crippen molar-refractivity contribution in [2.24, 2.45) is 0 Å². The molecule has 3 N–H and O–H groups in total. The van der Waals surface area contributed by atoms with Crippen LogP contribution in [-0.2, 0) is 11.3 Å². The van der Waals surface area contributed by atoms with Gasteiger partial charge in [-0.15, -0.1) is 11.8 Å². The summed E-state index contributed by atoms with van der Waals surface area (Å²) in [4.78, 5) is 25.6. The van der Waals surface area contributed by atoms with E-state index >= 15 is 0 Å². The fraction of sp³-hybridized carbons (Fsp3) is 0.207. The lowest BCUT2D eigenvalue weighted by Crippen LogP contribution is -2.52. The molecule has 37 heavy (non-hydrogen) atoms. The van der Waals surface area contributed by atoms with Crippen LogP contribution in [0.2, 0.25) is 0 Å². The molecule has 188 valence electrons. The van der Waals surface area contributed by atoms with Gasteiger partial charge in [0.2, 0.25) is 5.89 Å². The number of imidazole rings is 1. The summed E-state index contributed by atoms with van der Waals surface area (Å²) in [7, 11) is 0. The topological polar surface area (TPSA) is 104 Å². The van der Waals surface area contributed by atoms with E-state index in [2.05, 4.69) is 33.5 Å². The number of aliphatic hydroxyl groups excluding tert-OH is 1. The molecule has 1 amide bonds. The SMILES string of the molecule is CC[C@@](NC(=O)c1cnc[nH]1)(c1cccc2nc(-c3ccccc3SCc3ccccc3)oc12)[C@H](C)O. The van der Waals surface area contributed by atoms with Gasteiger partial charge in [-0.25, -0.2) is 9.97 Å². The summed E-state index contributed by atoms with van der Waals surface area (Å²) < 4.78 is 6.40. The zero-order chi connectivity index (χ0) is 25.8. The summed E-state index contributed by atoms with van der Waals surface area (Å²) >= 11 is 1.72. The lowest BCUT2D eigenvalue weighted by atomic mass is 9.82. The molecule has 0 saturated heterocycles. The number of hydrogen-bond acceptors (Lipinski definition) is 6. The Hall–Kier alpha value is -3.88. The number of thioether (sulfide) groups is 1. The second-order valence-corrected chi connectivity index (χ2v) is 9.88. The highest BCUT2D eigenvalue weighted by Gasteiger charge is 2.40. The number of aromatic nitrogens is 3. The van der Waals surface area contributed by atoms with Gasteiger partial charge < -0.3 is 19.8 Å². The van der Waals surface area contributed by atoms with Gasteiger partial charge in [-0.2, -0.15) is 0 Å². The van der Waals surface area contributed by atoms with E-state index in [0.717, 1.165) is 16.2 Å². The molecule has 2 aromatic heterocycles. The van der Waals surface area contributed by atoms with Gasteiger partial charge in [0.25, 0.3) is 5.91 Å². The summed E-state index contributed by atoms with van der Waals surface area (Å²) in [5.74, 6) is 0.956. The van der Waals surface area contributed by atoms with Gasteiger partial charge in [-0.05, 0) is 37.1 Å². The molecule has 5 rings (SSSR count). The maximum absolute atomic E-state index is 13.0. The zero-order valence-electron chi connectivity index (χ0n) is 20.6. The van der Waals surface area contributed by atoms with E-state index < -0.39 is 11.6 Å². The lowest BCUT2D eigenvalue weighted by molar-refractivity contribution is 0.0552. The fourth-order valence-corrected chi connectivity index (χ4v) is 5.54. The maximum Gasteiger partial charge on any atom is 0.270 e. The zero-order valence-corrected chi connectivity index (χ0v) is 21.5. The summed E-state index contributed by atoms with van der Waals surface area (Å²) in [6.45, 7) is 3.59. The highest BCUT2D eigenvalue weighted by Crippen LogP contribution is 2.39. The van der Waals surface area contributed by atoms with Crippen molar-refractivity contribution in [3.05, 3.63) is 102 Å². The molecule has 0 radical (unpaired) electrons. The Kier molecular flexibility index (Phi) is 7.12. The monoisotopic (exact) mass is 512 g/mol. The minimum atomic E-state index is -1.10. The number of para-hydroxylation sites is 1. The Morgan fingerprint density at radius 2 is 1.89 bits per heavy atom. The number of benzene rings is 3. The molecule has 8 heteroatoms. The average Bonchev–Trinajstić information content (AvgIpc) is 3.62. The van der Waals surface area contributed by atoms with Crippen molar-refractivity contribution in [3.63, 3.8) is 0 Å². The van der Waals surface area contributed by atoms with Crippen molar-refractivity contribution in [1.82, 2.24) is 20.3 Å². The van der Waals surface area contributed by atoms with Crippen LogP contribution in [-0.4, -0.2) is 32.1 Å². The van der Waals surface area contributed by atoms with Gasteiger partial charge in [0.15, 0.2) is 5.58 Å². The second-order valence-electron chi connectivity index (χ2n) is 8.86. The van der Waals surface area contributed by atoms with Gasteiger partial charge in [0, 0.05) is 16.2 Å². The molecule has 0 bridgehead atoms. The van der Waals surface area contributed by atoms with Crippen LogP contribution in [0.15, 0.2) is 94.6 Å². The quantitative estimate of drug-likeness (QED) is 0.212. The number of nitrogens with zero attached hydrogens (tertiary/aromatic N) is 2. The largest absolute Gasteiger partial charge is 0.436 e. The summed E-state index contributed by atoms with van der Waals surface area (Å²) in [5, 5.41) is 14.0. The highest BCUT2D eigenvalue weighted by atomic mass is 32.2. The van der Waals surface area contributed by atoms with E-state index in [0.29, 0.717) is 34.7 Å². The number of carbonyl (C=O) groups excluding carboxylic acids is 1. The van der Waals surface area contributed by atoms with E-state index in [-0.39, 0.29) is 5.91 Å². The Morgan fingerprint density at radius 3 is 2.62 bits per heavy atom. The smallest absolute Gasteiger partial charge is 0.270 e. The first-order valence-electron chi connectivity index (χ1n) is 12.2. The standard InChI is InChI=1S/C29H28N4O3S/c1-3-29(19(2)34,33-27(35)24-16-30-18-31-24)22-13-9-14-23-26(22)36-28(32-23)21-12-7-8-15-25(21)37-17-20-10-5-4-6-11-20/h4-16,18-19,34H,3,17H2,1-2H3,(H,30,31)(H,33,35)/t19-,29-/m0/s1. The molecule has 2 atom stereocenters. The number of amides is 1. The number of fused-ring (bicyclic) bond motifs is 1. The van der Waals surface area contributed by atoms with Crippen LogP contribution >= 0.6 is 11.8 Å². The van der Waals surface area contributed by atoms with Crippen molar-refractivity contribution in [2.45, 2.75) is 42.6 Å². The molecular weight excluding hydrogens is 484 g/mol. The molecule has 0 aliphatic rings. The normalized spacial score (nSPS) is 13.8. The lowest BCUT2D eigenvalue weighted by Gasteiger charge is -2.37. The minimum Gasteiger partial charge on any atom is -0.436 e. The third kappa shape index (κ3) is 4.90. The van der Waals surface area contributed by atoms with Crippen LogP contribution in [0.25, 0.3) is 22.6 Å². The van der Waals surface area contributed by atoms with E-state index in [9.17, 15) is 9.90 Å². The maximum atomic E-state index is 13.0. The second kappa shape index (κ2) is 10.6. The van der Waals surface area contributed by atoms with Crippen LogP contribution in [0.5, 0.6) is 0 Å². The number of nitrogens with one attached hydrogen (secondary N) is 2. The van der Waals surface area contributed by atoms with Crippen molar-refractivity contribution in [2.75, 3.05) is 0 Å². The van der Waals surface area contributed by atoms with Crippen LogP contribution in [0.4, 0.5) is 0 Å². The summed E-state index contributed by atoms with van der Waals surface area (Å²) in [6.07, 6.45) is 2.43. The predicted molar refractivity (Wildman–Crippen MR) is 145 cm³/mol. The van der Waals surface area contributed by atoms with Crippen molar-refractivity contribution < 1.29 is 14.3 Å². The molecule has 0 aliphatic heterocycles. The number of oxazole rings is 1. The van der Waals surface area contributed by atoms with Crippen molar-refractivity contribution >= 4 is 28.8 Å². The molecule has 0 unspecified atom stereocenters. The average molecular weight is 513 g/mol. The first-order chi connectivity index (χ1) is 18.0. The van der Waals surface area contributed by atoms with Gasteiger partial charge in [0.1, 0.15) is 11.2 Å². The number of aromatic amines is 1. The van der Waals surface area contributed by atoms with Gasteiger partial charge >= 0.3 is 0 Å². The fourth-order valence-electron chi connectivity index (χ4n) is 4.54. The van der Waals surface area contributed by atoms with E-state index in [4.69, 9.17) is 9.40 Å². The number of H-pyrrole nitrogens is 1. The Bertz CT molecular complexity index is 1500. The molecule has 2 heterocycles. The Balaban J connectivity index is 1.54. The first kappa shape index (κ1) is 24.8. The molecule has 3 aromatic carbocycles. The van der Waals surface area contributed by atoms with Gasteiger partial charge in [0.05, 0.1) is 29.7 Å². The molecule has 0 saturated carbocycles. The van der Waals surface area contributed by atoms with E-state index in [1.54, 1.807) is 18.7 Å². The summed E-state index contributed by atoms with van der Waals surface area (Å²) in [5.41, 5.74) is 3.21. The van der Waals surface area contributed by atoms with Gasteiger partial charge in [-0.1, -0.05) is 61.5 Å². The Morgan fingerprint density at radius 1 is 1.11 bits per heavy atom. The molecule has 0 aliphatic carbocycles. The third-order valence-corrected chi connectivity index (χ3v) is 7.75. The molecule has 0 fully saturated rings. The van der Waals surface area contributed by atoms with Crippen LogP contribution in [0.1, 0.15) is 41.9 Å².